The average molecular weight is 251 g/mol. The van der Waals surface area contributed by atoms with Crippen molar-refractivity contribution < 1.29 is 4.79 Å². The van der Waals surface area contributed by atoms with Crippen molar-refractivity contribution in [3.05, 3.63) is 24.0 Å². The highest BCUT2D eigenvalue weighted by molar-refractivity contribution is 5.76. The van der Waals surface area contributed by atoms with Crippen LogP contribution in [0.2, 0.25) is 0 Å². The molecule has 0 aliphatic rings. The minimum absolute atomic E-state index is 0.0656. The summed E-state index contributed by atoms with van der Waals surface area (Å²) >= 11 is 0. The van der Waals surface area contributed by atoms with E-state index in [1.54, 1.807) is 0 Å². The average Bonchev–Trinajstić information content (AvgIpc) is 2.73. The summed E-state index contributed by atoms with van der Waals surface area (Å²) in [6.45, 7) is 10.3. The Morgan fingerprint density at radius 2 is 2.11 bits per heavy atom. The van der Waals surface area contributed by atoms with Crippen LogP contribution in [0.4, 0.5) is 0 Å². The van der Waals surface area contributed by atoms with E-state index in [2.05, 4.69) is 24.5 Å². The Morgan fingerprint density at radius 3 is 2.72 bits per heavy atom. The van der Waals surface area contributed by atoms with Crippen molar-refractivity contribution in [2.45, 2.75) is 52.7 Å². The van der Waals surface area contributed by atoms with E-state index in [1.165, 1.54) is 0 Å². The number of nitrogens with one attached hydrogen (secondary N) is 2. The highest BCUT2D eigenvalue weighted by Gasteiger charge is 2.18. The van der Waals surface area contributed by atoms with Gasteiger partial charge in [0.1, 0.15) is 6.54 Å². The minimum Gasteiger partial charge on any atom is -0.350 e. The third kappa shape index (κ3) is 4.53. The second-order valence-corrected chi connectivity index (χ2v) is 5.19. The molecular formula is C14H25N3O. The third-order valence-electron chi connectivity index (χ3n) is 3.16. The molecule has 0 radical (unpaired) electrons. The van der Waals surface area contributed by atoms with Gasteiger partial charge in [-0.3, -0.25) is 4.79 Å². The van der Waals surface area contributed by atoms with Crippen LogP contribution in [0.25, 0.3) is 0 Å². The molecule has 0 saturated heterocycles. The smallest absolute Gasteiger partial charge is 0.240 e. The lowest BCUT2D eigenvalue weighted by Gasteiger charge is -2.24. The molecule has 0 atom stereocenters. The second kappa shape index (κ2) is 6.59. The van der Waals surface area contributed by atoms with Gasteiger partial charge in [0.05, 0.1) is 0 Å². The summed E-state index contributed by atoms with van der Waals surface area (Å²) in [6.07, 6.45) is 2.87. The number of amides is 1. The maximum atomic E-state index is 12.0. The van der Waals surface area contributed by atoms with Crippen LogP contribution in [-0.4, -0.2) is 22.6 Å². The quantitative estimate of drug-likeness (QED) is 0.777. The lowest BCUT2D eigenvalue weighted by Crippen LogP contribution is -2.44. The van der Waals surface area contributed by atoms with Crippen LogP contribution in [0, 0.1) is 0 Å². The van der Waals surface area contributed by atoms with Gasteiger partial charge >= 0.3 is 0 Å². The van der Waals surface area contributed by atoms with Crippen molar-refractivity contribution in [3.8, 4) is 0 Å². The standard InChI is InChI=1S/C14H25N3O/c1-5-14(3,4)16-13(18)11-17-9-7-8-12(17)10-15-6-2/h7-9,15H,5-6,10-11H2,1-4H3,(H,16,18). The highest BCUT2D eigenvalue weighted by atomic mass is 16.2. The summed E-state index contributed by atoms with van der Waals surface area (Å²) in [7, 11) is 0. The predicted molar refractivity (Wildman–Crippen MR) is 74.3 cm³/mol. The van der Waals surface area contributed by atoms with E-state index in [0.29, 0.717) is 6.54 Å². The van der Waals surface area contributed by atoms with Gasteiger partial charge in [-0.2, -0.15) is 0 Å². The Balaban J connectivity index is 2.56. The fourth-order valence-corrected chi connectivity index (χ4v) is 1.68. The van der Waals surface area contributed by atoms with Crippen LogP contribution >= 0.6 is 0 Å². The van der Waals surface area contributed by atoms with Gasteiger partial charge < -0.3 is 15.2 Å². The van der Waals surface area contributed by atoms with E-state index < -0.39 is 0 Å². The van der Waals surface area contributed by atoms with E-state index in [-0.39, 0.29) is 11.4 Å². The number of aromatic nitrogens is 1. The predicted octanol–water partition coefficient (Wildman–Crippen LogP) is 1.90. The Bertz CT molecular complexity index is 382. The van der Waals surface area contributed by atoms with Gasteiger partial charge in [-0.1, -0.05) is 13.8 Å². The van der Waals surface area contributed by atoms with Crippen LogP contribution in [-0.2, 0) is 17.9 Å². The summed E-state index contributed by atoms with van der Waals surface area (Å²) in [4.78, 5) is 12.0. The van der Waals surface area contributed by atoms with Crippen LogP contribution in [0.1, 0.15) is 39.8 Å². The maximum absolute atomic E-state index is 12.0. The fraction of sp³-hybridized carbons (Fsp3) is 0.643. The van der Waals surface area contributed by atoms with Crippen molar-refractivity contribution in [1.29, 1.82) is 0 Å². The molecule has 0 aliphatic heterocycles. The molecule has 0 unspecified atom stereocenters. The zero-order valence-electron chi connectivity index (χ0n) is 11.9. The van der Waals surface area contributed by atoms with Gasteiger partial charge in [0.2, 0.25) is 5.91 Å². The maximum Gasteiger partial charge on any atom is 0.240 e. The molecule has 1 aromatic rings. The fourth-order valence-electron chi connectivity index (χ4n) is 1.68. The van der Waals surface area contributed by atoms with Gasteiger partial charge in [-0.05, 0) is 38.9 Å². The van der Waals surface area contributed by atoms with E-state index in [9.17, 15) is 4.79 Å². The monoisotopic (exact) mass is 251 g/mol. The summed E-state index contributed by atoms with van der Waals surface area (Å²) in [6, 6.07) is 4.02. The van der Waals surface area contributed by atoms with Gasteiger partial charge in [0, 0.05) is 24.0 Å². The molecule has 2 N–H and O–H groups in total. The molecule has 18 heavy (non-hydrogen) atoms. The van der Waals surface area contributed by atoms with Gasteiger partial charge in [-0.25, -0.2) is 0 Å². The normalized spacial score (nSPS) is 11.6. The molecule has 1 amide bonds. The number of rotatable bonds is 7. The molecule has 4 nitrogen and oxygen atoms in total. The van der Waals surface area contributed by atoms with E-state index >= 15 is 0 Å². The molecule has 0 saturated carbocycles. The zero-order chi connectivity index (χ0) is 13.6. The molecule has 1 rings (SSSR count). The molecule has 0 aromatic carbocycles. The largest absolute Gasteiger partial charge is 0.350 e. The van der Waals surface area contributed by atoms with Crippen LogP contribution in [0.3, 0.4) is 0 Å². The van der Waals surface area contributed by atoms with Crippen LogP contribution in [0.15, 0.2) is 18.3 Å². The summed E-state index contributed by atoms with van der Waals surface area (Å²) in [5.74, 6) is 0.0656. The van der Waals surface area contributed by atoms with Crippen molar-refractivity contribution in [1.82, 2.24) is 15.2 Å². The first kappa shape index (κ1) is 14.8. The van der Waals surface area contributed by atoms with Crippen LogP contribution in [0.5, 0.6) is 0 Å². The lowest BCUT2D eigenvalue weighted by molar-refractivity contribution is -0.123. The Kier molecular flexibility index (Phi) is 5.41. The molecular weight excluding hydrogens is 226 g/mol. The van der Waals surface area contributed by atoms with E-state index in [1.807, 2.05) is 36.7 Å². The molecule has 0 bridgehead atoms. The number of hydrogen-bond acceptors (Lipinski definition) is 2. The van der Waals surface area contributed by atoms with Gasteiger partial charge in [0.25, 0.3) is 0 Å². The summed E-state index contributed by atoms with van der Waals surface area (Å²) in [5.41, 5.74) is 1.01. The van der Waals surface area contributed by atoms with Crippen molar-refractivity contribution in [2.24, 2.45) is 0 Å². The molecule has 0 fully saturated rings. The molecule has 0 aliphatic carbocycles. The Hall–Kier alpha value is -1.29. The Morgan fingerprint density at radius 1 is 1.39 bits per heavy atom. The number of nitrogens with zero attached hydrogens (tertiary/aromatic N) is 1. The first-order valence-electron chi connectivity index (χ1n) is 6.64. The number of hydrogen-bond donors (Lipinski definition) is 2. The third-order valence-corrected chi connectivity index (χ3v) is 3.16. The van der Waals surface area contributed by atoms with Crippen molar-refractivity contribution in [3.63, 3.8) is 0 Å². The lowest BCUT2D eigenvalue weighted by atomic mass is 10.0. The first-order valence-corrected chi connectivity index (χ1v) is 6.64. The molecule has 1 heterocycles. The van der Waals surface area contributed by atoms with Gasteiger partial charge in [0.15, 0.2) is 0 Å². The van der Waals surface area contributed by atoms with E-state index in [4.69, 9.17) is 0 Å². The zero-order valence-corrected chi connectivity index (χ0v) is 11.9. The molecule has 1 aromatic heterocycles. The van der Waals surface area contributed by atoms with Crippen molar-refractivity contribution >= 4 is 5.91 Å². The highest BCUT2D eigenvalue weighted by Crippen LogP contribution is 2.07. The van der Waals surface area contributed by atoms with Gasteiger partial charge in [-0.15, -0.1) is 0 Å². The summed E-state index contributed by atoms with van der Waals surface area (Å²) < 4.78 is 1.99. The Labute approximate surface area is 110 Å². The molecule has 4 heteroatoms. The molecule has 102 valence electrons. The van der Waals surface area contributed by atoms with E-state index in [0.717, 1.165) is 25.2 Å². The molecule has 0 spiro atoms. The second-order valence-electron chi connectivity index (χ2n) is 5.19. The SMILES string of the molecule is CCNCc1cccn1CC(=O)NC(C)(C)CC. The number of carbonyl (C=O) groups excluding carboxylic acids is 1. The minimum atomic E-state index is -0.133. The summed E-state index contributed by atoms with van der Waals surface area (Å²) in [5, 5.41) is 6.32. The first-order chi connectivity index (χ1) is 8.48. The topological polar surface area (TPSA) is 46.1 Å². The van der Waals surface area contributed by atoms with Crippen LogP contribution < -0.4 is 10.6 Å². The number of carbonyl (C=O) groups is 1. The van der Waals surface area contributed by atoms with Crippen molar-refractivity contribution in [2.75, 3.05) is 6.54 Å².